The molecule has 0 aliphatic heterocycles. The molecule has 3 rings (SSSR count). The number of carbonyl (C=O) groups excluding carboxylic acids is 1. The summed E-state index contributed by atoms with van der Waals surface area (Å²) in [5.41, 5.74) is -0.363. The normalized spacial score (nSPS) is 11.8. The number of hydrogen-bond donors (Lipinski definition) is 0. The first kappa shape index (κ1) is 16.0. The largest absolute Gasteiger partial charge is 0.543 e. The van der Waals surface area contributed by atoms with E-state index < -0.39 is 23.5 Å². The second-order valence-electron chi connectivity index (χ2n) is 5.30. The number of rotatable bonds is 3. The SMILES string of the molecule is O=C([O-])c1cc2cc(C(F)(F)F)ccc2n1Cc1cccc(F)c1. The van der Waals surface area contributed by atoms with Crippen LogP contribution in [0.5, 0.6) is 0 Å². The Labute approximate surface area is 133 Å². The maximum Gasteiger partial charge on any atom is 0.416 e. The molecule has 7 heteroatoms. The van der Waals surface area contributed by atoms with Gasteiger partial charge in [0.05, 0.1) is 17.2 Å². The highest BCUT2D eigenvalue weighted by Crippen LogP contribution is 2.32. The van der Waals surface area contributed by atoms with Crippen molar-refractivity contribution < 1.29 is 27.5 Å². The molecule has 0 N–H and O–H groups in total. The number of hydrogen-bond acceptors (Lipinski definition) is 2. The van der Waals surface area contributed by atoms with Crippen LogP contribution in [0.15, 0.2) is 48.5 Å². The molecule has 0 saturated heterocycles. The summed E-state index contributed by atoms with van der Waals surface area (Å²) < 4.78 is 53.0. The van der Waals surface area contributed by atoms with Gasteiger partial charge in [-0.2, -0.15) is 13.2 Å². The number of alkyl halides is 3. The van der Waals surface area contributed by atoms with Crippen LogP contribution in [0, 0.1) is 5.82 Å². The van der Waals surface area contributed by atoms with E-state index >= 15 is 0 Å². The van der Waals surface area contributed by atoms with Crippen LogP contribution in [-0.4, -0.2) is 10.5 Å². The lowest BCUT2D eigenvalue weighted by Crippen LogP contribution is -2.25. The summed E-state index contributed by atoms with van der Waals surface area (Å²) in [6.07, 6.45) is -4.53. The number of carbonyl (C=O) groups is 1. The van der Waals surface area contributed by atoms with Crippen LogP contribution < -0.4 is 5.11 Å². The van der Waals surface area contributed by atoms with Gasteiger partial charge in [0.25, 0.3) is 0 Å². The number of carboxylic acids is 1. The van der Waals surface area contributed by atoms with Gasteiger partial charge >= 0.3 is 6.18 Å². The molecule has 0 amide bonds. The Morgan fingerprint density at radius 2 is 1.83 bits per heavy atom. The predicted molar refractivity (Wildman–Crippen MR) is 76.8 cm³/mol. The molecule has 0 unspecified atom stereocenters. The molecule has 0 bridgehead atoms. The fraction of sp³-hybridized carbons (Fsp3) is 0.118. The van der Waals surface area contributed by atoms with Crippen LogP contribution in [-0.2, 0) is 12.7 Å². The monoisotopic (exact) mass is 336 g/mol. The van der Waals surface area contributed by atoms with Crippen LogP contribution in [0.2, 0.25) is 0 Å². The lowest BCUT2D eigenvalue weighted by atomic mass is 10.1. The fourth-order valence-corrected chi connectivity index (χ4v) is 2.60. The Hall–Kier alpha value is -2.83. The molecule has 3 aromatic rings. The van der Waals surface area contributed by atoms with Gasteiger partial charge < -0.3 is 14.5 Å². The van der Waals surface area contributed by atoms with Crippen LogP contribution in [0.25, 0.3) is 10.9 Å². The van der Waals surface area contributed by atoms with Crippen LogP contribution in [0.1, 0.15) is 21.6 Å². The highest BCUT2D eigenvalue weighted by Gasteiger charge is 2.30. The van der Waals surface area contributed by atoms with Crippen molar-refractivity contribution >= 4 is 16.9 Å². The molecule has 24 heavy (non-hydrogen) atoms. The molecule has 0 atom stereocenters. The zero-order chi connectivity index (χ0) is 17.5. The molecule has 3 nitrogen and oxygen atoms in total. The van der Waals surface area contributed by atoms with Gasteiger partial charge in [-0.05, 0) is 42.0 Å². The summed E-state index contributed by atoms with van der Waals surface area (Å²) in [6, 6.07) is 9.62. The second-order valence-corrected chi connectivity index (χ2v) is 5.30. The van der Waals surface area contributed by atoms with Gasteiger partial charge in [-0.1, -0.05) is 12.1 Å². The minimum Gasteiger partial charge on any atom is -0.543 e. The van der Waals surface area contributed by atoms with Gasteiger partial charge in [0, 0.05) is 17.4 Å². The lowest BCUT2D eigenvalue weighted by molar-refractivity contribution is -0.255. The molecule has 0 aliphatic carbocycles. The summed E-state index contributed by atoms with van der Waals surface area (Å²) in [5.74, 6) is -2.01. The van der Waals surface area contributed by atoms with Crippen molar-refractivity contribution in [3.8, 4) is 0 Å². The summed E-state index contributed by atoms with van der Waals surface area (Å²) in [7, 11) is 0. The molecule has 0 fully saturated rings. The topological polar surface area (TPSA) is 45.1 Å². The van der Waals surface area contributed by atoms with Gasteiger partial charge in [-0.15, -0.1) is 0 Å². The van der Waals surface area contributed by atoms with Gasteiger partial charge in [0.15, 0.2) is 0 Å². The van der Waals surface area contributed by atoms with E-state index in [4.69, 9.17) is 0 Å². The van der Waals surface area contributed by atoms with Crippen molar-refractivity contribution in [1.82, 2.24) is 4.57 Å². The minimum atomic E-state index is -4.53. The number of halogens is 4. The first-order valence-corrected chi connectivity index (χ1v) is 6.92. The third-order valence-electron chi connectivity index (χ3n) is 3.67. The Bertz CT molecular complexity index is 928. The molecule has 1 heterocycles. The summed E-state index contributed by atoms with van der Waals surface area (Å²) in [5, 5.41) is 11.4. The fourth-order valence-electron chi connectivity index (χ4n) is 2.60. The Morgan fingerprint density at radius 1 is 1.08 bits per heavy atom. The van der Waals surface area contributed by atoms with E-state index in [0.717, 1.165) is 18.2 Å². The van der Waals surface area contributed by atoms with Crippen molar-refractivity contribution in [2.24, 2.45) is 0 Å². The third-order valence-corrected chi connectivity index (χ3v) is 3.67. The van der Waals surface area contributed by atoms with Crippen LogP contribution in [0.3, 0.4) is 0 Å². The molecule has 1 aromatic heterocycles. The van der Waals surface area contributed by atoms with Gasteiger partial charge in [-0.25, -0.2) is 4.39 Å². The molecule has 0 aliphatic rings. The highest BCUT2D eigenvalue weighted by molar-refractivity contribution is 5.94. The Kier molecular flexibility index (Phi) is 3.79. The average Bonchev–Trinajstić information content (AvgIpc) is 2.85. The zero-order valence-electron chi connectivity index (χ0n) is 12.1. The molecular weight excluding hydrogens is 326 g/mol. The molecule has 0 radical (unpaired) electrons. The minimum absolute atomic E-state index is 0.00403. The van der Waals surface area contributed by atoms with Crippen LogP contribution >= 0.6 is 0 Å². The average molecular weight is 336 g/mol. The maximum absolute atomic E-state index is 13.3. The van der Waals surface area contributed by atoms with Crippen molar-refractivity contribution in [2.45, 2.75) is 12.7 Å². The first-order chi connectivity index (χ1) is 11.3. The number of aromatic carboxylic acids is 1. The van der Waals surface area contributed by atoms with Crippen LogP contribution in [0.4, 0.5) is 17.6 Å². The van der Waals surface area contributed by atoms with Crippen molar-refractivity contribution in [3.63, 3.8) is 0 Å². The quantitative estimate of drug-likeness (QED) is 0.690. The first-order valence-electron chi connectivity index (χ1n) is 6.92. The number of benzene rings is 2. The van der Waals surface area contributed by atoms with Crippen molar-refractivity contribution in [3.05, 3.63) is 71.2 Å². The van der Waals surface area contributed by atoms with Gasteiger partial charge in [-0.3, -0.25) is 0 Å². The second kappa shape index (κ2) is 5.67. The molecule has 124 valence electrons. The zero-order valence-corrected chi connectivity index (χ0v) is 12.1. The highest BCUT2D eigenvalue weighted by atomic mass is 19.4. The maximum atomic E-state index is 13.3. The number of aromatic nitrogens is 1. The van der Waals surface area contributed by atoms with E-state index in [1.807, 2.05) is 0 Å². The standard InChI is InChI=1S/C17H11F4NO2/c18-13-3-1-2-10(6-13)9-22-14-5-4-12(17(19,20)21)7-11(14)8-15(22)16(23)24/h1-8H,9H2,(H,23,24)/p-1. The van der Waals surface area contributed by atoms with E-state index in [9.17, 15) is 27.5 Å². The Morgan fingerprint density at radius 3 is 2.46 bits per heavy atom. The third kappa shape index (κ3) is 2.97. The number of nitrogens with zero attached hydrogens (tertiary/aromatic N) is 1. The lowest BCUT2D eigenvalue weighted by Gasteiger charge is -2.12. The van der Waals surface area contributed by atoms with Crippen molar-refractivity contribution in [1.29, 1.82) is 0 Å². The summed E-state index contributed by atoms with van der Waals surface area (Å²) in [4.78, 5) is 11.3. The van der Waals surface area contributed by atoms with E-state index in [1.54, 1.807) is 6.07 Å². The summed E-state index contributed by atoms with van der Waals surface area (Å²) in [6.45, 7) is -0.00403. The van der Waals surface area contributed by atoms with E-state index in [1.165, 1.54) is 28.8 Å². The van der Waals surface area contributed by atoms with E-state index in [2.05, 4.69) is 0 Å². The van der Waals surface area contributed by atoms with E-state index in [-0.39, 0.29) is 17.6 Å². The molecule has 2 aromatic carbocycles. The number of fused-ring (bicyclic) bond motifs is 1. The smallest absolute Gasteiger partial charge is 0.416 e. The van der Waals surface area contributed by atoms with Gasteiger partial charge in [0.1, 0.15) is 5.82 Å². The van der Waals surface area contributed by atoms with E-state index in [0.29, 0.717) is 11.1 Å². The number of carboxylic acid groups (broad SMARTS) is 1. The molecule has 0 spiro atoms. The van der Waals surface area contributed by atoms with Crippen molar-refractivity contribution in [2.75, 3.05) is 0 Å². The van der Waals surface area contributed by atoms with Gasteiger partial charge in [0.2, 0.25) is 0 Å². The molecule has 0 saturated carbocycles. The predicted octanol–water partition coefficient (Wildman–Crippen LogP) is 3.21. The molecular formula is C17H10F4NO2-. The summed E-state index contributed by atoms with van der Waals surface area (Å²) >= 11 is 0. The Balaban J connectivity index is 2.14.